The molecule has 0 unspecified atom stereocenters. The number of methoxy groups -OCH3 is 1. The largest absolute Gasteiger partial charge is 0.421 e. The van der Waals surface area contributed by atoms with E-state index in [1.807, 2.05) is 0 Å². The van der Waals surface area contributed by atoms with Gasteiger partial charge in [-0.1, -0.05) is 0 Å². The first-order valence-corrected chi connectivity index (χ1v) is 8.85. The number of aromatic nitrogens is 5. The fourth-order valence-corrected chi connectivity index (χ4v) is 3.50. The highest BCUT2D eigenvalue weighted by molar-refractivity contribution is 5.58. The number of nitrogens with one attached hydrogen (secondary N) is 2. The number of fused-ring (bicyclic) bond motifs is 1. The van der Waals surface area contributed by atoms with Gasteiger partial charge in [-0.2, -0.15) is 18.3 Å². The van der Waals surface area contributed by atoms with Crippen molar-refractivity contribution in [2.75, 3.05) is 12.4 Å². The lowest BCUT2D eigenvalue weighted by Gasteiger charge is -2.11. The first-order valence-electron chi connectivity index (χ1n) is 8.85. The monoisotopic (exact) mass is 414 g/mol. The van der Waals surface area contributed by atoms with Crippen molar-refractivity contribution in [1.29, 1.82) is 0 Å². The Kier molecular flexibility index (Phi) is 4.90. The summed E-state index contributed by atoms with van der Waals surface area (Å²) in [4.78, 5) is 7.85. The van der Waals surface area contributed by atoms with Gasteiger partial charge in [0.1, 0.15) is 11.7 Å². The summed E-state index contributed by atoms with van der Waals surface area (Å²) in [5, 5.41) is 19.2. The van der Waals surface area contributed by atoms with Crippen LogP contribution < -0.4 is 5.32 Å². The highest BCUT2D eigenvalue weighted by Gasteiger charge is 2.37. The molecule has 3 aromatic heterocycles. The predicted octanol–water partition coefficient (Wildman–Crippen LogP) is 2.94. The summed E-state index contributed by atoms with van der Waals surface area (Å²) in [7, 11) is 1.41. The standard InChI is InChI=1S/C17H18F4N6O2/c1-29-7-8-6-27-15(23-8)10(17(19,20)21)5-22-16(27)24-13-4-11(25-26-13)9-2-3-12(28)14(9)18/h4-6,9,12,14,28H,2-3,7H2,1H3,(H2,22,24,25,26)/t9-,12-,14+/m0/s1. The molecule has 3 N–H and O–H groups in total. The van der Waals surface area contributed by atoms with Gasteiger partial charge in [-0.25, -0.2) is 14.4 Å². The van der Waals surface area contributed by atoms with Gasteiger partial charge in [0, 0.05) is 37.2 Å². The highest BCUT2D eigenvalue weighted by Crippen LogP contribution is 2.37. The van der Waals surface area contributed by atoms with Gasteiger partial charge in [0.05, 0.1) is 18.4 Å². The molecule has 1 aliphatic carbocycles. The lowest BCUT2D eigenvalue weighted by molar-refractivity contribution is -0.136. The summed E-state index contributed by atoms with van der Waals surface area (Å²) in [6.45, 7) is 0.0346. The summed E-state index contributed by atoms with van der Waals surface area (Å²) >= 11 is 0. The number of rotatable bonds is 5. The number of alkyl halides is 4. The van der Waals surface area contributed by atoms with E-state index in [1.54, 1.807) is 6.07 Å². The number of imidazole rings is 1. The molecule has 3 aromatic rings. The molecule has 1 fully saturated rings. The Bertz CT molecular complexity index is 1020. The zero-order valence-electron chi connectivity index (χ0n) is 15.2. The van der Waals surface area contributed by atoms with Crippen LogP contribution in [0.5, 0.6) is 0 Å². The van der Waals surface area contributed by atoms with E-state index < -0.39 is 29.9 Å². The van der Waals surface area contributed by atoms with Gasteiger partial charge in [0.25, 0.3) is 0 Å². The van der Waals surface area contributed by atoms with E-state index in [0.717, 1.165) is 0 Å². The summed E-state index contributed by atoms with van der Waals surface area (Å²) < 4.78 is 60.1. The first-order chi connectivity index (χ1) is 13.8. The van der Waals surface area contributed by atoms with Crippen LogP contribution in [0.15, 0.2) is 18.5 Å². The zero-order valence-corrected chi connectivity index (χ0v) is 15.2. The normalized spacial score (nSPS) is 22.5. The van der Waals surface area contributed by atoms with Crippen LogP contribution in [0.2, 0.25) is 0 Å². The Labute approximate surface area is 161 Å². The van der Waals surface area contributed by atoms with Crippen molar-refractivity contribution in [1.82, 2.24) is 24.6 Å². The molecule has 1 saturated carbocycles. The number of hydrogen-bond acceptors (Lipinski definition) is 6. The topological polar surface area (TPSA) is 100 Å². The molecule has 0 saturated heterocycles. The van der Waals surface area contributed by atoms with E-state index in [-0.39, 0.29) is 24.0 Å². The molecule has 29 heavy (non-hydrogen) atoms. The maximum atomic E-state index is 14.1. The summed E-state index contributed by atoms with van der Waals surface area (Å²) in [5.41, 5.74) is -0.503. The van der Waals surface area contributed by atoms with Crippen molar-refractivity contribution >= 4 is 17.4 Å². The Balaban J connectivity index is 1.66. The third kappa shape index (κ3) is 3.65. The molecule has 0 aliphatic heterocycles. The quantitative estimate of drug-likeness (QED) is 0.555. The molecule has 0 spiro atoms. The third-order valence-electron chi connectivity index (χ3n) is 4.90. The second-order valence-electron chi connectivity index (χ2n) is 6.88. The molecule has 0 bridgehead atoms. The predicted molar refractivity (Wildman–Crippen MR) is 93.5 cm³/mol. The van der Waals surface area contributed by atoms with E-state index in [1.165, 1.54) is 17.7 Å². The average Bonchev–Trinajstić information content (AvgIpc) is 3.35. The van der Waals surface area contributed by atoms with Crippen LogP contribution in [0.1, 0.15) is 35.7 Å². The minimum Gasteiger partial charge on any atom is -0.390 e. The fraction of sp³-hybridized carbons (Fsp3) is 0.471. The van der Waals surface area contributed by atoms with Gasteiger partial charge in [0.2, 0.25) is 5.95 Å². The van der Waals surface area contributed by atoms with Gasteiger partial charge in [0.15, 0.2) is 11.5 Å². The molecule has 3 heterocycles. The van der Waals surface area contributed by atoms with Crippen LogP contribution >= 0.6 is 0 Å². The molecule has 0 radical (unpaired) electrons. The van der Waals surface area contributed by atoms with E-state index >= 15 is 0 Å². The highest BCUT2D eigenvalue weighted by atomic mass is 19.4. The molecule has 4 rings (SSSR count). The Hall–Kier alpha value is -2.73. The number of nitrogens with zero attached hydrogens (tertiary/aromatic N) is 4. The minimum absolute atomic E-state index is 0.0346. The van der Waals surface area contributed by atoms with Crippen LogP contribution in [0, 0.1) is 0 Å². The van der Waals surface area contributed by atoms with Crippen LogP contribution in [0.25, 0.3) is 5.65 Å². The summed E-state index contributed by atoms with van der Waals surface area (Å²) in [5.74, 6) is -0.205. The summed E-state index contributed by atoms with van der Waals surface area (Å²) in [6, 6.07) is 1.55. The number of aliphatic hydroxyl groups is 1. The lowest BCUT2D eigenvalue weighted by Crippen LogP contribution is -2.19. The number of halogens is 4. The van der Waals surface area contributed by atoms with Gasteiger partial charge < -0.3 is 15.2 Å². The molecule has 3 atom stereocenters. The van der Waals surface area contributed by atoms with Crippen molar-refractivity contribution < 1.29 is 27.4 Å². The SMILES string of the molecule is COCc1cn2c(Nc3cc([C@@H]4CC[C@H](O)[C@@H]4F)[nH]n3)ncc(C(F)(F)F)c2n1. The lowest BCUT2D eigenvalue weighted by atomic mass is 10.0. The average molecular weight is 414 g/mol. The number of H-pyrrole nitrogens is 1. The maximum Gasteiger partial charge on any atom is 0.421 e. The number of aromatic amines is 1. The first kappa shape index (κ1) is 19.6. The van der Waals surface area contributed by atoms with Crippen molar-refractivity contribution in [3.63, 3.8) is 0 Å². The second kappa shape index (κ2) is 7.26. The molecular formula is C17H18F4N6O2. The van der Waals surface area contributed by atoms with E-state index in [0.29, 0.717) is 30.4 Å². The molecule has 12 heteroatoms. The van der Waals surface area contributed by atoms with Crippen LogP contribution in [-0.4, -0.2) is 49.1 Å². The fourth-order valence-electron chi connectivity index (χ4n) is 3.50. The molecular weight excluding hydrogens is 396 g/mol. The van der Waals surface area contributed by atoms with Gasteiger partial charge >= 0.3 is 6.18 Å². The van der Waals surface area contributed by atoms with Crippen molar-refractivity contribution in [3.8, 4) is 0 Å². The molecule has 1 aliphatic rings. The minimum atomic E-state index is -4.62. The number of hydrogen-bond donors (Lipinski definition) is 3. The zero-order chi connectivity index (χ0) is 20.8. The number of ether oxygens (including phenoxy) is 1. The van der Waals surface area contributed by atoms with Crippen LogP contribution in [0.4, 0.5) is 29.3 Å². The van der Waals surface area contributed by atoms with Gasteiger partial charge in [-0.3, -0.25) is 9.50 Å². The Morgan fingerprint density at radius 2 is 2.17 bits per heavy atom. The Morgan fingerprint density at radius 1 is 1.38 bits per heavy atom. The van der Waals surface area contributed by atoms with E-state index in [2.05, 4.69) is 25.5 Å². The summed E-state index contributed by atoms with van der Waals surface area (Å²) in [6.07, 6.45) is -4.13. The Morgan fingerprint density at radius 3 is 2.83 bits per heavy atom. The molecule has 156 valence electrons. The van der Waals surface area contributed by atoms with Gasteiger partial charge in [-0.15, -0.1) is 0 Å². The second-order valence-corrected chi connectivity index (χ2v) is 6.88. The number of aliphatic hydroxyl groups excluding tert-OH is 1. The van der Waals surface area contributed by atoms with Crippen LogP contribution in [0.3, 0.4) is 0 Å². The van der Waals surface area contributed by atoms with Gasteiger partial charge in [-0.05, 0) is 12.8 Å². The van der Waals surface area contributed by atoms with Crippen molar-refractivity contribution in [2.45, 2.75) is 43.8 Å². The van der Waals surface area contributed by atoms with E-state index in [9.17, 15) is 22.7 Å². The van der Waals surface area contributed by atoms with Crippen molar-refractivity contribution in [2.24, 2.45) is 0 Å². The maximum absolute atomic E-state index is 14.1. The smallest absolute Gasteiger partial charge is 0.390 e. The number of anilines is 2. The molecule has 0 amide bonds. The van der Waals surface area contributed by atoms with Crippen molar-refractivity contribution in [3.05, 3.63) is 35.4 Å². The molecule has 8 nitrogen and oxygen atoms in total. The third-order valence-corrected chi connectivity index (χ3v) is 4.90. The molecule has 0 aromatic carbocycles. The van der Waals surface area contributed by atoms with E-state index in [4.69, 9.17) is 4.74 Å². The van der Waals surface area contributed by atoms with Crippen LogP contribution in [-0.2, 0) is 17.5 Å².